The van der Waals surface area contributed by atoms with Crippen LogP contribution in [0.25, 0.3) is 0 Å². The van der Waals surface area contributed by atoms with Crippen LogP contribution in [-0.4, -0.2) is 23.5 Å². The molecule has 0 aliphatic heterocycles. The Hall–Kier alpha value is -1.02. The summed E-state index contributed by atoms with van der Waals surface area (Å²) >= 11 is 6.35. The summed E-state index contributed by atoms with van der Waals surface area (Å²) in [4.78, 5) is 0. The van der Waals surface area contributed by atoms with Crippen molar-refractivity contribution >= 4 is 11.6 Å². The van der Waals surface area contributed by atoms with Crippen molar-refractivity contribution in [2.75, 3.05) is 19.0 Å². The van der Waals surface area contributed by atoms with E-state index in [1.165, 1.54) is 94.7 Å². The summed E-state index contributed by atoms with van der Waals surface area (Å²) in [6.45, 7) is 6.68. The lowest BCUT2D eigenvalue weighted by Crippen LogP contribution is -3.00. The van der Waals surface area contributed by atoms with E-state index in [1.807, 2.05) is 0 Å². The molecule has 2 rings (SSSR count). The quantitative estimate of drug-likeness (QED) is 0.125. The first-order valence-corrected chi connectivity index (χ1v) is 13.8. The van der Waals surface area contributed by atoms with Gasteiger partial charge in [-0.05, 0) is 12.8 Å². The van der Waals surface area contributed by atoms with Crippen LogP contribution in [0.4, 0.5) is 0 Å². The van der Waals surface area contributed by atoms with Gasteiger partial charge >= 0.3 is 0 Å². The van der Waals surface area contributed by atoms with Gasteiger partial charge in [-0.2, -0.15) is 0 Å². The zero-order chi connectivity index (χ0) is 22.7. The minimum absolute atomic E-state index is 0. The summed E-state index contributed by atoms with van der Waals surface area (Å²) in [6.07, 6.45) is 16.8. The highest BCUT2D eigenvalue weighted by atomic mass is 35.5. The molecular weight excluding hydrogens is 445 g/mol. The largest absolute Gasteiger partial charge is 1.00 e. The van der Waals surface area contributed by atoms with Crippen molar-refractivity contribution in [2.45, 2.75) is 97.1 Å². The standard InChI is InChI=1S/C30H47ClN.ClH/c1-2-3-4-5-6-7-8-9-10-11-12-19-25-32(26-24-31,27-29-20-15-13-16-21-29)28-30-22-17-14-18-23-30;/h13-18,20-23H,2-12,19,24-28H2,1H3;1H/q+1;/p-1. The second-order valence-electron chi connectivity index (χ2n) is 9.65. The summed E-state index contributed by atoms with van der Waals surface area (Å²) in [5.74, 6) is 0.720. The molecule has 2 aromatic carbocycles. The van der Waals surface area contributed by atoms with Crippen molar-refractivity contribution in [1.82, 2.24) is 0 Å². The van der Waals surface area contributed by atoms with Gasteiger partial charge in [0, 0.05) is 11.1 Å². The molecule has 0 aromatic heterocycles. The Morgan fingerprint density at radius 1 is 0.545 bits per heavy atom. The van der Waals surface area contributed by atoms with E-state index in [1.54, 1.807) is 0 Å². The first-order chi connectivity index (χ1) is 15.8. The van der Waals surface area contributed by atoms with E-state index in [2.05, 4.69) is 67.6 Å². The molecule has 2 aromatic rings. The number of halogens is 2. The summed E-state index contributed by atoms with van der Waals surface area (Å²) in [7, 11) is 0. The number of quaternary nitrogens is 1. The van der Waals surface area contributed by atoms with Gasteiger partial charge in [-0.25, -0.2) is 0 Å². The van der Waals surface area contributed by atoms with Crippen molar-refractivity contribution in [1.29, 1.82) is 0 Å². The van der Waals surface area contributed by atoms with Crippen LogP contribution in [0.3, 0.4) is 0 Å². The lowest BCUT2D eigenvalue weighted by molar-refractivity contribution is -0.951. The maximum Gasteiger partial charge on any atom is 0.105 e. The van der Waals surface area contributed by atoms with Gasteiger partial charge in [0.15, 0.2) is 0 Å². The number of hydrogen-bond acceptors (Lipinski definition) is 0. The summed E-state index contributed by atoms with van der Waals surface area (Å²) in [5, 5.41) is 0. The molecule has 33 heavy (non-hydrogen) atoms. The SMILES string of the molecule is CCCCCCCCCCCCCC[N+](CCCl)(Cc1ccccc1)Cc1ccccc1.[Cl-]. The molecule has 3 heteroatoms. The molecule has 0 spiro atoms. The third-order valence-electron chi connectivity index (χ3n) is 6.77. The molecule has 0 atom stereocenters. The number of unbranched alkanes of at least 4 members (excludes halogenated alkanes) is 11. The van der Waals surface area contributed by atoms with Crippen molar-refractivity contribution in [3.8, 4) is 0 Å². The zero-order valence-electron chi connectivity index (χ0n) is 21.0. The van der Waals surface area contributed by atoms with Crippen LogP contribution in [0.1, 0.15) is 95.1 Å². The first-order valence-electron chi connectivity index (χ1n) is 13.3. The molecule has 186 valence electrons. The highest BCUT2D eigenvalue weighted by Crippen LogP contribution is 2.22. The van der Waals surface area contributed by atoms with E-state index >= 15 is 0 Å². The normalized spacial score (nSPS) is 11.3. The number of benzene rings is 2. The fourth-order valence-corrected chi connectivity index (χ4v) is 5.25. The maximum absolute atomic E-state index is 6.35. The van der Waals surface area contributed by atoms with Crippen LogP contribution in [0.5, 0.6) is 0 Å². The van der Waals surface area contributed by atoms with Gasteiger partial charge in [0.1, 0.15) is 13.1 Å². The first kappa shape index (κ1) is 30.0. The van der Waals surface area contributed by atoms with Gasteiger partial charge in [0.25, 0.3) is 0 Å². The zero-order valence-corrected chi connectivity index (χ0v) is 22.5. The molecule has 0 N–H and O–H groups in total. The molecular formula is C30H47Cl2N. The lowest BCUT2D eigenvalue weighted by atomic mass is 10.0. The summed E-state index contributed by atoms with van der Waals surface area (Å²) in [6, 6.07) is 22.0. The Morgan fingerprint density at radius 3 is 1.33 bits per heavy atom. The smallest absolute Gasteiger partial charge is 0.105 e. The molecule has 0 amide bonds. The number of rotatable bonds is 19. The maximum atomic E-state index is 6.35. The van der Waals surface area contributed by atoms with Gasteiger partial charge in [0.05, 0.1) is 19.0 Å². The van der Waals surface area contributed by atoms with Crippen LogP contribution >= 0.6 is 11.6 Å². The Morgan fingerprint density at radius 2 is 0.939 bits per heavy atom. The van der Waals surface area contributed by atoms with E-state index in [-0.39, 0.29) is 12.4 Å². The van der Waals surface area contributed by atoms with Gasteiger partial charge < -0.3 is 16.9 Å². The van der Waals surface area contributed by atoms with Crippen LogP contribution in [0.15, 0.2) is 60.7 Å². The predicted molar refractivity (Wildman–Crippen MR) is 142 cm³/mol. The lowest BCUT2D eigenvalue weighted by Gasteiger charge is -2.39. The fourth-order valence-electron chi connectivity index (χ4n) is 4.89. The van der Waals surface area contributed by atoms with Crippen LogP contribution in [0.2, 0.25) is 0 Å². The molecule has 1 nitrogen and oxygen atoms in total. The highest BCUT2D eigenvalue weighted by Gasteiger charge is 2.27. The summed E-state index contributed by atoms with van der Waals surface area (Å²) in [5.41, 5.74) is 2.85. The minimum Gasteiger partial charge on any atom is -1.00 e. The van der Waals surface area contributed by atoms with Crippen molar-refractivity contribution in [2.24, 2.45) is 0 Å². The summed E-state index contributed by atoms with van der Waals surface area (Å²) < 4.78 is 1.06. The second-order valence-corrected chi connectivity index (χ2v) is 10.0. The van der Waals surface area contributed by atoms with Gasteiger partial charge in [0.2, 0.25) is 0 Å². The Labute approximate surface area is 215 Å². The Balaban J connectivity index is 0.00000544. The Bertz CT molecular complexity index is 633. The third kappa shape index (κ3) is 13.5. The second kappa shape index (κ2) is 19.3. The van der Waals surface area contributed by atoms with Crippen LogP contribution in [0, 0.1) is 0 Å². The molecule has 0 fully saturated rings. The Kier molecular flexibility index (Phi) is 17.6. The molecule has 0 aliphatic rings. The monoisotopic (exact) mass is 491 g/mol. The van der Waals surface area contributed by atoms with Gasteiger partial charge in [-0.3, -0.25) is 0 Å². The van der Waals surface area contributed by atoms with E-state index in [0.29, 0.717) is 0 Å². The third-order valence-corrected chi connectivity index (χ3v) is 6.94. The molecule has 0 radical (unpaired) electrons. The topological polar surface area (TPSA) is 0 Å². The highest BCUT2D eigenvalue weighted by molar-refractivity contribution is 6.17. The van der Waals surface area contributed by atoms with Crippen molar-refractivity contribution < 1.29 is 16.9 Å². The van der Waals surface area contributed by atoms with Crippen LogP contribution < -0.4 is 12.4 Å². The fraction of sp³-hybridized carbons (Fsp3) is 0.600. The van der Waals surface area contributed by atoms with Gasteiger partial charge in [-0.15, -0.1) is 11.6 Å². The van der Waals surface area contributed by atoms with E-state index in [9.17, 15) is 0 Å². The molecule has 0 aliphatic carbocycles. The number of alkyl halides is 1. The van der Waals surface area contributed by atoms with E-state index in [4.69, 9.17) is 11.6 Å². The predicted octanol–water partition coefficient (Wildman–Crippen LogP) is 6.15. The number of nitrogens with zero attached hydrogens (tertiary/aromatic N) is 1. The number of hydrogen-bond donors (Lipinski definition) is 0. The van der Waals surface area contributed by atoms with E-state index < -0.39 is 0 Å². The molecule has 0 saturated heterocycles. The molecule has 0 unspecified atom stereocenters. The van der Waals surface area contributed by atoms with Crippen molar-refractivity contribution in [3.63, 3.8) is 0 Å². The molecule has 0 saturated carbocycles. The average Bonchev–Trinajstić information content (AvgIpc) is 2.81. The van der Waals surface area contributed by atoms with Crippen molar-refractivity contribution in [3.05, 3.63) is 71.8 Å². The minimum atomic E-state index is 0. The molecule has 0 bridgehead atoms. The molecule has 0 heterocycles. The van der Waals surface area contributed by atoms with Crippen LogP contribution in [-0.2, 0) is 13.1 Å². The van der Waals surface area contributed by atoms with E-state index in [0.717, 1.165) is 30.0 Å². The van der Waals surface area contributed by atoms with Gasteiger partial charge in [-0.1, -0.05) is 132 Å². The average molecular weight is 493 g/mol.